The van der Waals surface area contributed by atoms with Crippen molar-refractivity contribution in [3.05, 3.63) is 70.9 Å². The number of nitrogens with two attached hydrogens (primary N) is 1. The predicted octanol–water partition coefficient (Wildman–Crippen LogP) is 4.09. The highest BCUT2D eigenvalue weighted by Crippen LogP contribution is 2.32. The first-order valence-electron chi connectivity index (χ1n) is 8.91. The van der Waals surface area contributed by atoms with Crippen LogP contribution in [-0.4, -0.2) is 22.5 Å². The lowest BCUT2D eigenvalue weighted by molar-refractivity contribution is 0.0988. The van der Waals surface area contributed by atoms with Gasteiger partial charge in [0.25, 0.3) is 0 Å². The summed E-state index contributed by atoms with van der Waals surface area (Å²) in [6, 6.07) is 11.4. The average Bonchev–Trinajstić information content (AvgIpc) is 2.67. The first kappa shape index (κ1) is 19.2. The number of Topliss-reactive ketones (excluding diaryl/α,β-unsaturated/α-hetero) is 1. The molecule has 1 aromatic heterocycles. The molecule has 6 heteroatoms. The minimum Gasteiger partial charge on any atom is -0.492 e. The van der Waals surface area contributed by atoms with Gasteiger partial charge in [-0.15, -0.1) is 0 Å². The van der Waals surface area contributed by atoms with Crippen LogP contribution in [0.1, 0.15) is 41.9 Å². The highest BCUT2D eigenvalue weighted by atomic mass is 32.2. The van der Waals surface area contributed by atoms with Crippen molar-refractivity contribution in [3.63, 3.8) is 0 Å². The van der Waals surface area contributed by atoms with Gasteiger partial charge in [0.05, 0.1) is 12.8 Å². The van der Waals surface area contributed by atoms with Gasteiger partial charge in [-0.25, -0.2) is 9.98 Å². The van der Waals surface area contributed by atoms with E-state index in [4.69, 9.17) is 10.5 Å². The smallest absolute Gasteiger partial charge is 0.185 e. The molecule has 1 atom stereocenters. The van der Waals surface area contributed by atoms with Crippen molar-refractivity contribution in [2.75, 3.05) is 6.61 Å². The summed E-state index contributed by atoms with van der Waals surface area (Å²) in [5.41, 5.74) is 7.73. The van der Waals surface area contributed by atoms with E-state index in [0.717, 1.165) is 17.5 Å². The number of hydrogen-bond acceptors (Lipinski definition) is 6. The maximum Gasteiger partial charge on any atom is 0.185 e. The fraction of sp³-hybridized carbons (Fsp3) is 0.286. The lowest BCUT2D eigenvalue weighted by Gasteiger charge is -2.25. The van der Waals surface area contributed by atoms with Crippen molar-refractivity contribution in [2.24, 2.45) is 10.7 Å². The Morgan fingerprint density at radius 3 is 2.85 bits per heavy atom. The molecule has 2 N–H and O–H groups in total. The van der Waals surface area contributed by atoms with E-state index in [9.17, 15) is 4.79 Å². The summed E-state index contributed by atoms with van der Waals surface area (Å²) in [6.45, 7) is 4.69. The molecule has 5 nitrogen and oxygen atoms in total. The zero-order chi connectivity index (χ0) is 19.3. The van der Waals surface area contributed by atoms with E-state index in [0.29, 0.717) is 23.2 Å². The van der Waals surface area contributed by atoms with Gasteiger partial charge in [0, 0.05) is 6.42 Å². The van der Waals surface area contributed by atoms with Crippen LogP contribution in [0.15, 0.2) is 59.1 Å². The molecule has 0 bridgehead atoms. The Morgan fingerprint density at radius 1 is 1.30 bits per heavy atom. The minimum absolute atomic E-state index is 0.0305. The van der Waals surface area contributed by atoms with E-state index < -0.39 is 5.54 Å². The predicted molar refractivity (Wildman–Crippen MR) is 110 cm³/mol. The Morgan fingerprint density at radius 2 is 2.15 bits per heavy atom. The van der Waals surface area contributed by atoms with E-state index in [2.05, 4.69) is 9.98 Å². The van der Waals surface area contributed by atoms with Gasteiger partial charge in [-0.05, 0) is 48.1 Å². The van der Waals surface area contributed by atoms with E-state index >= 15 is 0 Å². The molecule has 1 aromatic carbocycles. The number of amidine groups is 1. The number of aliphatic imine (C=N–C) groups is 1. The molecule has 0 saturated heterocycles. The molecular weight excluding hydrogens is 358 g/mol. The third-order valence-corrected chi connectivity index (χ3v) is 4.90. The Hall–Kier alpha value is -2.60. The van der Waals surface area contributed by atoms with Crippen molar-refractivity contribution in [3.8, 4) is 5.75 Å². The second kappa shape index (κ2) is 8.39. The molecule has 0 unspecified atom stereocenters. The van der Waals surface area contributed by atoms with Crippen LogP contribution in [0.3, 0.4) is 0 Å². The first-order valence-corrected chi connectivity index (χ1v) is 9.79. The van der Waals surface area contributed by atoms with Gasteiger partial charge < -0.3 is 10.5 Å². The van der Waals surface area contributed by atoms with Crippen LogP contribution in [0.2, 0.25) is 0 Å². The molecule has 0 spiro atoms. The number of benzene rings is 1. The maximum absolute atomic E-state index is 12.6. The van der Waals surface area contributed by atoms with Gasteiger partial charge in [0.2, 0.25) is 0 Å². The molecular formula is C21H23N3O2S. The van der Waals surface area contributed by atoms with Crippen LogP contribution in [-0.2, 0) is 12.0 Å². The van der Waals surface area contributed by atoms with Crippen molar-refractivity contribution >= 4 is 22.7 Å². The van der Waals surface area contributed by atoms with Gasteiger partial charge in [-0.2, -0.15) is 0 Å². The summed E-state index contributed by atoms with van der Waals surface area (Å²) in [5, 5.41) is 2.49. The standard InChI is InChI=1S/C21H23N3O2S/c1-3-10-26-17-7-8-18(23-14-17)19(25)13-15-5-4-6-16(12-15)21(2)9-11-27-20(22)24-21/h4-9,11-12,14H,3,10,13H2,1-2H3,(H2,22,24)/t21-/m0/s1. The van der Waals surface area contributed by atoms with E-state index in [1.807, 2.05) is 49.6 Å². The summed E-state index contributed by atoms with van der Waals surface area (Å²) >= 11 is 1.41. The lowest BCUT2D eigenvalue weighted by atomic mass is 9.90. The molecule has 140 valence electrons. The van der Waals surface area contributed by atoms with Crippen LogP contribution in [0.25, 0.3) is 0 Å². The van der Waals surface area contributed by atoms with Gasteiger partial charge >= 0.3 is 0 Å². The molecule has 2 aromatic rings. The minimum atomic E-state index is -0.509. The lowest BCUT2D eigenvalue weighted by Crippen LogP contribution is -2.23. The largest absolute Gasteiger partial charge is 0.492 e. The van der Waals surface area contributed by atoms with E-state index in [1.54, 1.807) is 18.3 Å². The number of pyridine rings is 1. The van der Waals surface area contributed by atoms with Crippen LogP contribution in [0.5, 0.6) is 5.75 Å². The van der Waals surface area contributed by atoms with Gasteiger partial charge in [0.1, 0.15) is 17.0 Å². The van der Waals surface area contributed by atoms with Crippen LogP contribution >= 0.6 is 11.8 Å². The molecule has 27 heavy (non-hydrogen) atoms. The third-order valence-electron chi connectivity index (χ3n) is 4.29. The molecule has 0 amide bonds. The van der Waals surface area contributed by atoms with Gasteiger partial charge in [0.15, 0.2) is 11.0 Å². The van der Waals surface area contributed by atoms with Crippen molar-refractivity contribution in [2.45, 2.75) is 32.2 Å². The molecule has 0 fully saturated rings. The number of aromatic nitrogens is 1. The van der Waals surface area contributed by atoms with Gasteiger partial charge in [-0.1, -0.05) is 43.0 Å². The highest BCUT2D eigenvalue weighted by Gasteiger charge is 2.25. The number of carbonyl (C=O) groups is 1. The summed E-state index contributed by atoms with van der Waals surface area (Å²) in [5.74, 6) is 0.651. The zero-order valence-corrected chi connectivity index (χ0v) is 16.3. The van der Waals surface area contributed by atoms with Crippen molar-refractivity contribution in [1.82, 2.24) is 4.98 Å². The molecule has 0 saturated carbocycles. The second-order valence-corrected chi connectivity index (χ2v) is 7.47. The normalized spacial score (nSPS) is 18.8. The molecule has 2 heterocycles. The molecule has 0 radical (unpaired) electrons. The number of thioether (sulfide) groups is 1. The van der Waals surface area contributed by atoms with E-state index in [-0.39, 0.29) is 12.2 Å². The number of carbonyl (C=O) groups excluding carboxylic acids is 1. The number of rotatable bonds is 7. The number of ether oxygens (including phenoxy) is 1. The van der Waals surface area contributed by atoms with Crippen molar-refractivity contribution < 1.29 is 9.53 Å². The second-order valence-electron chi connectivity index (χ2n) is 6.55. The Labute approximate surface area is 163 Å². The maximum atomic E-state index is 12.6. The van der Waals surface area contributed by atoms with Crippen molar-refractivity contribution in [1.29, 1.82) is 0 Å². The molecule has 1 aliphatic heterocycles. The van der Waals surface area contributed by atoms with E-state index in [1.165, 1.54) is 11.8 Å². The molecule has 0 aliphatic carbocycles. The van der Waals surface area contributed by atoms with Crippen LogP contribution < -0.4 is 10.5 Å². The summed E-state index contributed by atoms with van der Waals surface area (Å²) < 4.78 is 5.51. The van der Waals surface area contributed by atoms with Crippen LogP contribution in [0, 0.1) is 0 Å². The third kappa shape index (κ3) is 4.77. The Kier molecular flexibility index (Phi) is 5.96. The molecule has 3 rings (SSSR count). The SMILES string of the molecule is CCCOc1ccc(C(=O)Cc2cccc([C@]3(C)C=CSC(N)=N3)c2)nc1. The van der Waals surface area contributed by atoms with Crippen LogP contribution in [0.4, 0.5) is 0 Å². The Balaban J connectivity index is 1.73. The number of ketones is 1. The molecule has 1 aliphatic rings. The fourth-order valence-corrected chi connectivity index (χ4v) is 3.53. The first-order chi connectivity index (χ1) is 13.0. The zero-order valence-electron chi connectivity index (χ0n) is 15.5. The number of nitrogens with zero attached hydrogens (tertiary/aromatic N) is 2. The Bertz CT molecular complexity index is 877. The highest BCUT2D eigenvalue weighted by molar-refractivity contribution is 8.16. The number of hydrogen-bond donors (Lipinski definition) is 1. The summed E-state index contributed by atoms with van der Waals surface area (Å²) in [4.78, 5) is 21.4. The average molecular weight is 382 g/mol. The monoisotopic (exact) mass is 381 g/mol. The summed E-state index contributed by atoms with van der Waals surface area (Å²) in [6.07, 6.45) is 4.83. The van der Waals surface area contributed by atoms with Gasteiger partial charge in [-0.3, -0.25) is 4.79 Å². The summed E-state index contributed by atoms with van der Waals surface area (Å²) in [7, 11) is 0. The fourth-order valence-electron chi connectivity index (χ4n) is 2.81. The topological polar surface area (TPSA) is 77.6 Å². The quantitative estimate of drug-likeness (QED) is 0.731.